The van der Waals surface area contributed by atoms with Gasteiger partial charge in [-0.1, -0.05) is 6.92 Å². The van der Waals surface area contributed by atoms with Crippen LogP contribution in [0.1, 0.15) is 56.6 Å². The van der Waals surface area contributed by atoms with Gasteiger partial charge in [0.1, 0.15) is 23.8 Å². The number of halogens is 4. The molecule has 0 unspecified atom stereocenters. The fourth-order valence-electron chi connectivity index (χ4n) is 8.02. The Labute approximate surface area is 248 Å². The van der Waals surface area contributed by atoms with Crippen molar-refractivity contribution < 1.29 is 22.3 Å². The van der Waals surface area contributed by atoms with Crippen LogP contribution in [0.15, 0.2) is 18.2 Å². The number of aryl methyl sites for hydroxylation is 1. The highest BCUT2D eigenvalue weighted by Gasteiger charge is 2.48. The van der Waals surface area contributed by atoms with Gasteiger partial charge in [0.05, 0.1) is 16.8 Å². The lowest BCUT2D eigenvalue weighted by molar-refractivity contribution is -0.137. The summed E-state index contributed by atoms with van der Waals surface area (Å²) >= 11 is 0. The number of pyridine rings is 1. The molecule has 2 bridgehead atoms. The summed E-state index contributed by atoms with van der Waals surface area (Å²) in [4.78, 5) is 17.9. The standard InChI is InChI=1S/C31H37F4N7O/c1-17-13-30(9-3-10-42(30)14-17)16-43-29-39-27-22(28(40-29)41-11-8-19-4-5-20(15-41)37-19)7-6-21(25(27)32)26-24(31(33,34)35)18(2)12-23(36)38-26/h6-7,12,17,19-20,37H,3-5,8-11,13-16H2,1-2H3,(H2,36,38)/t17-,19-,20+,30-/m1/s1. The highest BCUT2D eigenvalue weighted by atomic mass is 19.4. The third-order valence-electron chi connectivity index (χ3n) is 9.84. The molecule has 4 aliphatic rings. The molecule has 0 saturated carbocycles. The van der Waals surface area contributed by atoms with Gasteiger partial charge in [-0.05, 0) is 81.7 Å². The maximum atomic E-state index is 16.5. The summed E-state index contributed by atoms with van der Waals surface area (Å²) in [5.74, 6) is 0.0616. The molecule has 0 amide bonds. The monoisotopic (exact) mass is 599 g/mol. The van der Waals surface area contributed by atoms with Crippen molar-refractivity contribution in [1.82, 2.24) is 25.2 Å². The zero-order valence-corrected chi connectivity index (χ0v) is 24.5. The van der Waals surface area contributed by atoms with Crippen LogP contribution in [0.2, 0.25) is 0 Å². The molecular weight excluding hydrogens is 562 g/mol. The van der Waals surface area contributed by atoms with E-state index in [0.29, 0.717) is 42.9 Å². The Balaban J connectivity index is 1.34. The van der Waals surface area contributed by atoms with Crippen molar-refractivity contribution in [1.29, 1.82) is 0 Å². The quantitative estimate of drug-likeness (QED) is 0.381. The van der Waals surface area contributed by atoms with Crippen molar-refractivity contribution in [2.75, 3.05) is 43.4 Å². The molecule has 43 heavy (non-hydrogen) atoms. The van der Waals surface area contributed by atoms with E-state index in [-0.39, 0.29) is 40.1 Å². The molecule has 0 radical (unpaired) electrons. The lowest BCUT2D eigenvalue weighted by Gasteiger charge is -2.31. The number of benzene rings is 1. The largest absolute Gasteiger partial charge is 0.461 e. The minimum atomic E-state index is -4.75. The molecule has 6 heterocycles. The number of nitrogens with zero attached hydrogens (tertiary/aromatic N) is 5. The van der Waals surface area contributed by atoms with Gasteiger partial charge in [-0.2, -0.15) is 23.1 Å². The van der Waals surface area contributed by atoms with Gasteiger partial charge in [0.15, 0.2) is 5.82 Å². The fraction of sp³-hybridized carbons (Fsp3) is 0.581. The van der Waals surface area contributed by atoms with Crippen LogP contribution >= 0.6 is 0 Å². The molecule has 2 aromatic heterocycles. The molecule has 8 nitrogen and oxygen atoms in total. The summed E-state index contributed by atoms with van der Waals surface area (Å²) < 4.78 is 65.3. The molecule has 1 aromatic carbocycles. The van der Waals surface area contributed by atoms with Gasteiger partial charge in [0.25, 0.3) is 0 Å². The lowest BCUT2D eigenvalue weighted by atomic mass is 9.92. The van der Waals surface area contributed by atoms with E-state index in [0.717, 1.165) is 57.7 Å². The van der Waals surface area contributed by atoms with Crippen LogP contribution in [0.5, 0.6) is 6.01 Å². The van der Waals surface area contributed by atoms with Crippen molar-refractivity contribution in [3.05, 3.63) is 35.1 Å². The smallest absolute Gasteiger partial charge is 0.418 e. The Hall–Kier alpha value is -3.25. The zero-order valence-electron chi connectivity index (χ0n) is 24.5. The second-order valence-electron chi connectivity index (χ2n) is 13.0. The third-order valence-corrected chi connectivity index (χ3v) is 9.84. The SMILES string of the molecule is Cc1cc(N)nc(-c2ccc3c(N4CC[C@H]5CC[C@@H](C4)N5)nc(OC[C@]45CCCN4C[C@H](C)C5)nc3c2F)c1C(F)(F)F. The lowest BCUT2D eigenvalue weighted by Crippen LogP contribution is -2.43. The third kappa shape index (κ3) is 5.05. The van der Waals surface area contributed by atoms with Gasteiger partial charge < -0.3 is 20.7 Å². The minimum absolute atomic E-state index is 0.0365. The number of rotatable bonds is 5. The average Bonchev–Trinajstić information content (AvgIpc) is 3.57. The molecule has 4 saturated heterocycles. The number of aromatic nitrogens is 3. The van der Waals surface area contributed by atoms with Crippen LogP contribution in [-0.4, -0.2) is 70.3 Å². The average molecular weight is 600 g/mol. The number of alkyl halides is 3. The highest BCUT2D eigenvalue weighted by molar-refractivity contribution is 5.93. The van der Waals surface area contributed by atoms with Crippen LogP contribution in [-0.2, 0) is 6.18 Å². The van der Waals surface area contributed by atoms with Gasteiger partial charge in [-0.3, -0.25) is 4.90 Å². The molecule has 0 spiro atoms. The number of nitrogens with two attached hydrogens (primary N) is 1. The van der Waals surface area contributed by atoms with Crippen LogP contribution < -0.4 is 20.7 Å². The summed E-state index contributed by atoms with van der Waals surface area (Å²) in [6.45, 7) is 7.36. The summed E-state index contributed by atoms with van der Waals surface area (Å²) in [5, 5.41) is 4.08. The first-order valence-corrected chi connectivity index (χ1v) is 15.2. The predicted molar refractivity (Wildman–Crippen MR) is 156 cm³/mol. The number of anilines is 2. The number of fused-ring (bicyclic) bond motifs is 4. The van der Waals surface area contributed by atoms with Crippen molar-refractivity contribution >= 4 is 22.5 Å². The van der Waals surface area contributed by atoms with Crippen molar-refractivity contribution in [2.45, 2.75) is 76.2 Å². The van der Waals surface area contributed by atoms with Gasteiger partial charge in [0, 0.05) is 42.7 Å². The Morgan fingerprint density at radius 2 is 1.91 bits per heavy atom. The molecule has 7 rings (SSSR count). The van der Waals surface area contributed by atoms with Crippen LogP contribution in [0.3, 0.4) is 0 Å². The second-order valence-corrected chi connectivity index (χ2v) is 13.0. The molecule has 4 aliphatic heterocycles. The van der Waals surface area contributed by atoms with E-state index in [9.17, 15) is 13.2 Å². The van der Waals surface area contributed by atoms with E-state index in [4.69, 9.17) is 15.5 Å². The van der Waals surface area contributed by atoms with Crippen molar-refractivity contribution in [2.24, 2.45) is 5.92 Å². The van der Waals surface area contributed by atoms with E-state index in [1.165, 1.54) is 13.0 Å². The predicted octanol–water partition coefficient (Wildman–Crippen LogP) is 5.32. The fourth-order valence-corrected chi connectivity index (χ4v) is 8.02. The summed E-state index contributed by atoms with van der Waals surface area (Å²) in [7, 11) is 0. The second kappa shape index (κ2) is 10.4. The Kier molecular flexibility index (Phi) is 6.92. The number of nitrogens with one attached hydrogen (secondary N) is 1. The van der Waals surface area contributed by atoms with Gasteiger partial charge >= 0.3 is 12.2 Å². The van der Waals surface area contributed by atoms with Crippen LogP contribution in [0, 0.1) is 18.7 Å². The molecular formula is C31H37F4N7O. The van der Waals surface area contributed by atoms with Crippen LogP contribution in [0.25, 0.3) is 22.2 Å². The number of ether oxygens (including phenoxy) is 1. The van der Waals surface area contributed by atoms with Gasteiger partial charge in [0.2, 0.25) is 0 Å². The summed E-state index contributed by atoms with van der Waals surface area (Å²) in [5.41, 5.74) is 3.65. The molecule has 3 aromatic rings. The maximum Gasteiger partial charge on any atom is 0.418 e. The van der Waals surface area contributed by atoms with Crippen molar-refractivity contribution in [3.63, 3.8) is 0 Å². The van der Waals surface area contributed by atoms with Crippen molar-refractivity contribution in [3.8, 4) is 17.3 Å². The summed E-state index contributed by atoms with van der Waals surface area (Å²) in [6, 6.07) is 4.82. The molecule has 230 valence electrons. The first-order chi connectivity index (χ1) is 20.5. The van der Waals surface area contributed by atoms with E-state index < -0.39 is 23.3 Å². The maximum absolute atomic E-state index is 16.5. The normalized spacial score (nSPS) is 27.6. The van der Waals surface area contributed by atoms with Gasteiger partial charge in [-0.25, -0.2) is 9.37 Å². The molecule has 4 atom stereocenters. The van der Waals surface area contributed by atoms with Crippen LogP contribution in [0.4, 0.5) is 29.2 Å². The van der Waals surface area contributed by atoms with E-state index in [1.807, 2.05) is 0 Å². The topological polar surface area (TPSA) is 92.4 Å². The first kappa shape index (κ1) is 28.5. The number of hydrogen-bond donors (Lipinski definition) is 2. The minimum Gasteiger partial charge on any atom is -0.461 e. The first-order valence-electron chi connectivity index (χ1n) is 15.2. The van der Waals surface area contributed by atoms with E-state index in [2.05, 4.69) is 32.0 Å². The Bertz CT molecular complexity index is 1570. The number of nitrogen functional groups attached to an aromatic ring is 1. The van der Waals surface area contributed by atoms with E-state index in [1.54, 1.807) is 6.07 Å². The Morgan fingerprint density at radius 3 is 2.72 bits per heavy atom. The zero-order chi connectivity index (χ0) is 30.1. The number of hydrogen-bond acceptors (Lipinski definition) is 8. The molecule has 0 aliphatic carbocycles. The Morgan fingerprint density at radius 1 is 1.09 bits per heavy atom. The summed E-state index contributed by atoms with van der Waals surface area (Å²) in [6.07, 6.45) is 1.44. The molecule has 3 N–H and O–H groups in total. The molecule has 4 fully saturated rings. The highest BCUT2D eigenvalue weighted by Crippen LogP contribution is 2.43. The molecule has 12 heteroatoms. The van der Waals surface area contributed by atoms with E-state index >= 15 is 4.39 Å². The van der Waals surface area contributed by atoms with Gasteiger partial charge in [-0.15, -0.1) is 0 Å².